The summed E-state index contributed by atoms with van der Waals surface area (Å²) in [6.45, 7) is 2.71. The summed E-state index contributed by atoms with van der Waals surface area (Å²) in [6.07, 6.45) is 1.97. The van der Waals surface area contributed by atoms with Crippen LogP contribution in [0.25, 0.3) is 0 Å². The van der Waals surface area contributed by atoms with E-state index in [1.807, 2.05) is 25.1 Å². The van der Waals surface area contributed by atoms with Gasteiger partial charge in [0, 0.05) is 19.9 Å². The number of likely N-dealkylation sites (tertiary alicyclic amines) is 1. The van der Waals surface area contributed by atoms with E-state index in [0.717, 1.165) is 41.3 Å². The van der Waals surface area contributed by atoms with E-state index in [4.69, 9.17) is 9.47 Å². The topological polar surface area (TPSA) is 81.1 Å². The van der Waals surface area contributed by atoms with E-state index >= 15 is 0 Å². The van der Waals surface area contributed by atoms with Gasteiger partial charge in [-0.15, -0.1) is 0 Å². The van der Waals surface area contributed by atoms with E-state index in [2.05, 4.69) is 10.6 Å². The summed E-state index contributed by atoms with van der Waals surface area (Å²) < 4.78 is 10.8. The fourth-order valence-electron chi connectivity index (χ4n) is 3.31. The lowest BCUT2D eigenvalue weighted by molar-refractivity contribution is -0.932. The minimum atomic E-state index is -0.485. The molecule has 0 spiro atoms. The summed E-state index contributed by atoms with van der Waals surface area (Å²) in [6, 6.07) is 5.02. The first-order valence-electron chi connectivity index (χ1n) is 8.11. The van der Waals surface area contributed by atoms with Crippen LogP contribution >= 0.6 is 0 Å². The summed E-state index contributed by atoms with van der Waals surface area (Å²) in [7, 11) is 4.76. The van der Waals surface area contributed by atoms with Gasteiger partial charge in [-0.1, -0.05) is 0 Å². The van der Waals surface area contributed by atoms with E-state index in [1.165, 1.54) is 7.05 Å². The molecule has 0 saturated carbocycles. The predicted octanol–water partition coefficient (Wildman–Crippen LogP) is 0.268. The van der Waals surface area contributed by atoms with E-state index in [0.29, 0.717) is 0 Å². The maximum absolute atomic E-state index is 12.3. The van der Waals surface area contributed by atoms with Crippen LogP contribution in [-0.4, -0.2) is 45.8 Å². The van der Waals surface area contributed by atoms with Crippen molar-refractivity contribution in [3.8, 4) is 11.5 Å². The molecule has 1 fully saturated rings. The molecule has 2 rings (SSSR count). The third kappa shape index (κ3) is 3.79. The molecule has 1 heterocycles. The average Bonchev–Trinajstić information content (AvgIpc) is 3.09. The predicted molar refractivity (Wildman–Crippen MR) is 89.4 cm³/mol. The van der Waals surface area contributed by atoms with Gasteiger partial charge in [0.25, 0.3) is 5.91 Å². The van der Waals surface area contributed by atoms with Crippen molar-refractivity contribution in [3.63, 3.8) is 0 Å². The highest BCUT2D eigenvalue weighted by atomic mass is 16.5. The number of amides is 3. The first-order valence-corrected chi connectivity index (χ1v) is 8.11. The highest BCUT2D eigenvalue weighted by Crippen LogP contribution is 2.31. The quantitative estimate of drug-likeness (QED) is 0.721. The zero-order valence-electron chi connectivity index (χ0n) is 14.6. The molecule has 1 unspecified atom stereocenters. The maximum atomic E-state index is 12.3. The zero-order chi connectivity index (χ0) is 17.7. The molecule has 3 N–H and O–H groups in total. The molecule has 3 amide bonds. The van der Waals surface area contributed by atoms with Crippen LogP contribution < -0.4 is 25.0 Å². The molecular formula is C17H26N3O4+. The van der Waals surface area contributed by atoms with E-state index < -0.39 is 6.03 Å². The molecule has 24 heavy (non-hydrogen) atoms. The Labute approximate surface area is 142 Å². The van der Waals surface area contributed by atoms with Crippen LogP contribution in [0.5, 0.6) is 11.5 Å². The molecule has 1 aliphatic heterocycles. The minimum Gasteiger partial charge on any atom is -0.497 e. The smallest absolute Gasteiger partial charge is 0.321 e. The molecule has 7 nitrogen and oxygen atoms in total. The second-order valence-electron chi connectivity index (χ2n) is 5.92. The third-order valence-corrected chi connectivity index (χ3v) is 4.63. The lowest BCUT2D eigenvalue weighted by atomic mass is 10.0. The highest BCUT2D eigenvalue weighted by Gasteiger charge is 2.39. The van der Waals surface area contributed by atoms with Gasteiger partial charge in [-0.25, -0.2) is 4.79 Å². The number of imide groups is 1. The number of urea groups is 1. The lowest BCUT2D eigenvalue weighted by Crippen LogP contribution is -3.15. The second-order valence-corrected chi connectivity index (χ2v) is 5.92. The van der Waals surface area contributed by atoms with Crippen LogP contribution in [0.1, 0.15) is 31.4 Å². The van der Waals surface area contributed by atoms with Crippen molar-refractivity contribution in [2.24, 2.45) is 0 Å². The lowest BCUT2D eigenvalue weighted by Gasteiger charge is -2.28. The summed E-state index contributed by atoms with van der Waals surface area (Å²) in [5.41, 5.74) is 1.03. The third-order valence-electron chi connectivity index (χ3n) is 4.63. The molecule has 7 heteroatoms. The van der Waals surface area contributed by atoms with Crippen molar-refractivity contribution in [2.45, 2.75) is 31.8 Å². The molecule has 3 atom stereocenters. The Balaban J connectivity index is 2.24. The summed E-state index contributed by atoms with van der Waals surface area (Å²) in [5, 5.41) is 4.76. The van der Waals surface area contributed by atoms with Gasteiger partial charge in [-0.05, 0) is 25.1 Å². The summed E-state index contributed by atoms with van der Waals surface area (Å²) in [5.74, 6) is 1.27. The van der Waals surface area contributed by atoms with Gasteiger partial charge in [0.2, 0.25) is 0 Å². The molecule has 0 aliphatic carbocycles. The molecule has 0 radical (unpaired) electrons. The van der Waals surface area contributed by atoms with Crippen LogP contribution in [-0.2, 0) is 4.79 Å². The number of hydrogen-bond acceptors (Lipinski definition) is 4. The van der Waals surface area contributed by atoms with Crippen LogP contribution in [0.2, 0.25) is 0 Å². The molecule has 1 aromatic carbocycles. The van der Waals surface area contributed by atoms with Gasteiger partial charge in [0.05, 0.1) is 26.3 Å². The number of benzene rings is 1. The Morgan fingerprint density at radius 2 is 2.04 bits per heavy atom. The fraction of sp³-hybridized carbons (Fsp3) is 0.529. The molecule has 0 aromatic heterocycles. The van der Waals surface area contributed by atoms with E-state index in [1.54, 1.807) is 14.2 Å². The molecular weight excluding hydrogens is 310 g/mol. The normalized spacial score (nSPS) is 21.0. The Bertz CT molecular complexity index is 605. The van der Waals surface area contributed by atoms with Gasteiger partial charge in [0.15, 0.2) is 6.04 Å². The number of hydrogen-bond donors (Lipinski definition) is 3. The number of rotatable bonds is 5. The zero-order valence-corrected chi connectivity index (χ0v) is 14.6. The molecule has 1 aliphatic rings. The first kappa shape index (κ1) is 18.1. The molecule has 132 valence electrons. The SMILES string of the molecule is CNC(=O)NC(=O)[C@H](C)[NH+]1CCC[C@@H]1c1cc(OC)ccc1OC. The van der Waals surface area contributed by atoms with Gasteiger partial charge in [0.1, 0.15) is 17.5 Å². The van der Waals surface area contributed by atoms with Gasteiger partial charge < -0.3 is 19.7 Å². The van der Waals surface area contributed by atoms with Gasteiger partial charge in [-0.2, -0.15) is 0 Å². The van der Waals surface area contributed by atoms with Gasteiger partial charge >= 0.3 is 6.03 Å². The number of nitrogens with one attached hydrogen (secondary N) is 3. The van der Waals surface area contributed by atoms with Crippen molar-refractivity contribution >= 4 is 11.9 Å². The number of carbonyl (C=O) groups is 2. The molecule has 1 aromatic rings. The molecule has 1 saturated heterocycles. The summed E-state index contributed by atoms with van der Waals surface area (Å²) in [4.78, 5) is 24.8. The molecule has 0 bridgehead atoms. The van der Waals surface area contributed by atoms with Crippen molar-refractivity contribution in [2.75, 3.05) is 27.8 Å². The van der Waals surface area contributed by atoms with Crippen molar-refractivity contribution in [1.82, 2.24) is 10.6 Å². The number of quaternary nitrogens is 1. The Hall–Kier alpha value is -2.28. The monoisotopic (exact) mass is 336 g/mol. The standard InChI is InChI=1S/C17H25N3O4/c1-11(16(21)19-17(22)18-2)20-9-5-6-14(20)13-10-12(23-3)7-8-15(13)24-4/h7-8,10-11,14H,5-6,9H2,1-4H3,(H2,18,19,21,22)/p+1/t11-,14+/m0/s1. The van der Waals surface area contributed by atoms with Crippen LogP contribution in [0.3, 0.4) is 0 Å². The first-order chi connectivity index (χ1) is 11.5. The highest BCUT2D eigenvalue weighted by molar-refractivity contribution is 5.96. The van der Waals surface area contributed by atoms with Crippen molar-refractivity contribution in [1.29, 1.82) is 0 Å². The largest absolute Gasteiger partial charge is 0.497 e. The van der Waals surface area contributed by atoms with Crippen LogP contribution in [0.15, 0.2) is 18.2 Å². The second kappa shape index (κ2) is 8.01. The maximum Gasteiger partial charge on any atom is 0.321 e. The number of methoxy groups -OCH3 is 2. The Morgan fingerprint density at radius 1 is 1.29 bits per heavy atom. The minimum absolute atomic E-state index is 0.125. The van der Waals surface area contributed by atoms with E-state index in [9.17, 15) is 9.59 Å². The van der Waals surface area contributed by atoms with E-state index in [-0.39, 0.29) is 18.0 Å². The Morgan fingerprint density at radius 3 is 2.67 bits per heavy atom. The fourth-order valence-corrected chi connectivity index (χ4v) is 3.31. The Kier molecular flexibility index (Phi) is 6.03. The van der Waals surface area contributed by atoms with Crippen LogP contribution in [0, 0.1) is 0 Å². The van der Waals surface area contributed by atoms with Gasteiger partial charge in [-0.3, -0.25) is 10.1 Å². The number of carbonyl (C=O) groups excluding carboxylic acids is 2. The van der Waals surface area contributed by atoms with Crippen molar-refractivity contribution < 1.29 is 24.0 Å². The number of ether oxygens (including phenoxy) is 2. The van der Waals surface area contributed by atoms with Crippen LogP contribution in [0.4, 0.5) is 4.79 Å². The average molecular weight is 336 g/mol. The summed E-state index contributed by atoms with van der Waals surface area (Å²) >= 11 is 0. The van der Waals surface area contributed by atoms with Crippen molar-refractivity contribution in [3.05, 3.63) is 23.8 Å².